The Labute approximate surface area is 121 Å². The molecule has 0 atom stereocenters. The quantitative estimate of drug-likeness (QED) is 0.394. The average molecular weight is 295 g/mol. The summed E-state index contributed by atoms with van der Waals surface area (Å²) < 4.78 is 7.37. The fraction of sp³-hybridized carbons (Fsp3) is 0.231. The standard InChI is InChI=1S/C13H15ClN4O2/c1-7-4-5-9(14)6-10(7)20-13-11(12(15)17-19)8(2)16-18(13)3/h4-6,19H,1-3H3,(H2,15,17). The first-order chi connectivity index (χ1) is 9.43. The number of ether oxygens (including phenoxy) is 1. The maximum atomic E-state index is 8.86. The fourth-order valence-electron chi connectivity index (χ4n) is 1.89. The van der Waals surface area contributed by atoms with E-state index in [1.54, 1.807) is 26.1 Å². The molecule has 0 saturated carbocycles. The zero-order valence-corrected chi connectivity index (χ0v) is 12.1. The summed E-state index contributed by atoms with van der Waals surface area (Å²) in [7, 11) is 1.72. The van der Waals surface area contributed by atoms with Crippen molar-refractivity contribution < 1.29 is 9.94 Å². The van der Waals surface area contributed by atoms with Gasteiger partial charge in [-0.1, -0.05) is 22.8 Å². The van der Waals surface area contributed by atoms with Gasteiger partial charge >= 0.3 is 0 Å². The number of benzene rings is 1. The summed E-state index contributed by atoms with van der Waals surface area (Å²) in [6, 6.07) is 5.34. The van der Waals surface area contributed by atoms with Crippen molar-refractivity contribution in [1.82, 2.24) is 9.78 Å². The first-order valence-corrected chi connectivity index (χ1v) is 6.27. The Morgan fingerprint density at radius 2 is 2.15 bits per heavy atom. The van der Waals surface area contributed by atoms with Crippen molar-refractivity contribution in [3.05, 3.63) is 40.0 Å². The molecule has 7 heteroatoms. The van der Waals surface area contributed by atoms with Crippen molar-refractivity contribution in [2.75, 3.05) is 0 Å². The molecule has 106 valence electrons. The lowest BCUT2D eigenvalue weighted by Gasteiger charge is -2.10. The lowest BCUT2D eigenvalue weighted by atomic mass is 10.2. The first kappa shape index (κ1) is 14.2. The Bertz CT molecular complexity index is 679. The highest BCUT2D eigenvalue weighted by molar-refractivity contribution is 6.30. The van der Waals surface area contributed by atoms with Gasteiger partial charge in [0, 0.05) is 12.1 Å². The van der Waals surface area contributed by atoms with E-state index >= 15 is 0 Å². The van der Waals surface area contributed by atoms with Gasteiger partial charge in [0.25, 0.3) is 0 Å². The summed E-state index contributed by atoms with van der Waals surface area (Å²) >= 11 is 5.97. The Hall–Kier alpha value is -2.21. The molecule has 2 rings (SSSR count). The Kier molecular flexibility index (Phi) is 3.85. The van der Waals surface area contributed by atoms with Gasteiger partial charge in [-0.25, -0.2) is 4.68 Å². The van der Waals surface area contributed by atoms with E-state index in [-0.39, 0.29) is 5.84 Å². The molecule has 0 aliphatic heterocycles. The number of amidine groups is 1. The van der Waals surface area contributed by atoms with Gasteiger partial charge in [0.05, 0.1) is 5.69 Å². The number of aryl methyl sites for hydroxylation is 3. The maximum Gasteiger partial charge on any atom is 0.229 e. The summed E-state index contributed by atoms with van der Waals surface area (Å²) in [6.07, 6.45) is 0. The third kappa shape index (κ3) is 2.55. The molecule has 1 aromatic heterocycles. The minimum absolute atomic E-state index is 0.0507. The van der Waals surface area contributed by atoms with E-state index in [0.29, 0.717) is 27.9 Å². The van der Waals surface area contributed by atoms with Crippen molar-refractivity contribution in [3.63, 3.8) is 0 Å². The van der Waals surface area contributed by atoms with Crippen LogP contribution in [0.15, 0.2) is 23.4 Å². The molecule has 1 aromatic carbocycles. The highest BCUT2D eigenvalue weighted by atomic mass is 35.5. The van der Waals surface area contributed by atoms with Gasteiger partial charge in [0.1, 0.15) is 11.3 Å². The molecule has 3 N–H and O–H groups in total. The lowest BCUT2D eigenvalue weighted by molar-refractivity contribution is 0.318. The zero-order valence-electron chi connectivity index (χ0n) is 11.4. The third-order valence-electron chi connectivity index (χ3n) is 2.89. The molecule has 6 nitrogen and oxygen atoms in total. The highest BCUT2D eigenvalue weighted by Crippen LogP contribution is 2.31. The summed E-state index contributed by atoms with van der Waals surface area (Å²) in [5, 5.41) is 16.7. The van der Waals surface area contributed by atoms with Crippen molar-refractivity contribution in [3.8, 4) is 11.6 Å². The molecule has 0 radical (unpaired) electrons. The minimum atomic E-state index is -0.0507. The van der Waals surface area contributed by atoms with Gasteiger partial charge in [-0.15, -0.1) is 0 Å². The maximum absolute atomic E-state index is 8.86. The van der Waals surface area contributed by atoms with Crippen LogP contribution in [0.3, 0.4) is 0 Å². The largest absolute Gasteiger partial charge is 0.438 e. The van der Waals surface area contributed by atoms with Crippen LogP contribution in [-0.4, -0.2) is 20.8 Å². The van der Waals surface area contributed by atoms with Crippen LogP contribution in [0.4, 0.5) is 0 Å². The topological polar surface area (TPSA) is 85.7 Å². The van der Waals surface area contributed by atoms with Crippen LogP contribution < -0.4 is 10.5 Å². The molecule has 0 aliphatic rings. The third-order valence-corrected chi connectivity index (χ3v) is 3.13. The Balaban J connectivity index is 2.51. The average Bonchev–Trinajstić information content (AvgIpc) is 2.68. The highest BCUT2D eigenvalue weighted by Gasteiger charge is 2.20. The molecule has 20 heavy (non-hydrogen) atoms. The Morgan fingerprint density at radius 1 is 1.45 bits per heavy atom. The van der Waals surface area contributed by atoms with Crippen LogP contribution >= 0.6 is 11.6 Å². The van der Waals surface area contributed by atoms with Crippen molar-refractivity contribution >= 4 is 17.4 Å². The summed E-state index contributed by atoms with van der Waals surface area (Å²) in [6.45, 7) is 3.66. The fourth-order valence-corrected chi connectivity index (χ4v) is 2.05. The van der Waals surface area contributed by atoms with E-state index in [1.165, 1.54) is 4.68 Å². The monoisotopic (exact) mass is 294 g/mol. The van der Waals surface area contributed by atoms with Gasteiger partial charge in [0.2, 0.25) is 5.88 Å². The Morgan fingerprint density at radius 3 is 2.80 bits per heavy atom. The zero-order chi connectivity index (χ0) is 14.9. The molecule has 2 aromatic rings. The van der Waals surface area contributed by atoms with Crippen molar-refractivity contribution in [2.24, 2.45) is 17.9 Å². The van der Waals surface area contributed by atoms with Crippen LogP contribution in [0.1, 0.15) is 16.8 Å². The first-order valence-electron chi connectivity index (χ1n) is 5.89. The predicted octanol–water partition coefficient (Wildman–Crippen LogP) is 2.58. The van der Waals surface area contributed by atoms with Crippen molar-refractivity contribution in [1.29, 1.82) is 0 Å². The number of hydrogen-bond acceptors (Lipinski definition) is 4. The molecule has 0 unspecified atom stereocenters. The van der Waals surface area contributed by atoms with Gasteiger partial charge < -0.3 is 15.7 Å². The SMILES string of the molecule is Cc1ccc(Cl)cc1Oc1c(C(N)=NO)c(C)nn1C. The predicted molar refractivity (Wildman–Crippen MR) is 76.7 cm³/mol. The van der Waals surface area contributed by atoms with E-state index < -0.39 is 0 Å². The van der Waals surface area contributed by atoms with Crippen LogP contribution in [0.5, 0.6) is 11.6 Å². The number of halogens is 1. The molecule has 1 heterocycles. The van der Waals surface area contributed by atoms with E-state index in [0.717, 1.165) is 5.56 Å². The molecule has 0 aliphatic carbocycles. The normalized spacial score (nSPS) is 11.7. The van der Waals surface area contributed by atoms with Crippen molar-refractivity contribution in [2.45, 2.75) is 13.8 Å². The second kappa shape index (κ2) is 5.42. The molecule has 0 bridgehead atoms. The number of nitrogens with zero attached hydrogens (tertiary/aromatic N) is 3. The van der Waals surface area contributed by atoms with Crippen LogP contribution in [0.2, 0.25) is 5.02 Å². The van der Waals surface area contributed by atoms with Gasteiger partial charge in [-0.3, -0.25) is 0 Å². The van der Waals surface area contributed by atoms with E-state index in [1.807, 2.05) is 13.0 Å². The number of aromatic nitrogens is 2. The van der Waals surface area contributed by atoms with Gasteiger partial charge in [-0.05, 0) is 31.5 Å². The number of rotatable bonds is 3. The number of hydrogen-bond donors (Lipinski definition) is 2. The van der Waals surface area contributed by atoms with Gasteiger partial charge in [0.15, 0.2) is 5.84 Å². The van der Waals surface area contributed by atoms with Gasteiger partial charge in [-0.2, -0.15) is 5.10 Å². The molecule has 0 amide bonds. The second-order valence-corrected chi connectivity index (χ2v) is 4.82. The van der Waals surface area contributed by atoms with E-state index in [9.17, 15) is 0 Å². The van der Waals surface area contributed by atoms with E-state index in [4.69, 9.17) is 27.3 Å². The molecule has 0 saturated heterocycles. The molecule has 0 spiro atoms. The summed E-state index contributed by atoms with van der Waals surface area (Å²) in [5.74, 6) is 0.931. The van der Waals surface area contributed by atoms with E-state index in [2.05, 4.69) is 10.3 Å². The molecule has 0 fully saturated rings. The second-order valence-electron chi connectivity index (χ2n) is 4.39. The molecular weight excluding hydrogens is 280 g/mol. The number of oxime groups is 1. The smallest absolute Gasteiger partial charge is 0.229 e. The minimum Gasteiger partial charge on any atom is -0.438 e. The lowest BCUT2D eigenvalue weighted by Crippen LogP contribution is -2.15. The van der Waals surface area contributed by atoms with Crippen LogP contribution in [-0.2, 0) is 7.05 Å². The molecular formula is C13H15ClN4O2. The summed E-state index contributed by atoms with van der Waals surface area (Å²) in [5.41, 5.74) is 7.65. The number of nitrogens with two attached hydrogens (primary N) is 1. The summed E-state index contributed by atoms with van der Waals surface area (Å²) in [4.78, 5) is 0. The van der Waals surface area contributed by atoms with Crippen LogP contribution in [0.25, 0.3) is 0 Å². The van der Waals surface area contributed by atoms with Crippen LogP contribution in [0, 0.1) is 13.8 Å².